The minimum absolute atomic E-state index is 0.00310. The van der Waals surface area contributed by atoms with E-state index in [0.29, 0.717) is 6.04 Å². The first kappa shape index (κ1) is 23.0. The first-order valence-electron chi connectivity index (χ1n) is 13.1. The minimum Gasteiger partial charge on any atom is -0.290 e. The second-order valence-corrected chi connectivity index (χ2v) is 9.90. The summed E-state index contributed by atoms with van der Waals surface area (Å²) in [6.45, 7) is 3.81. The number of aromatic nitrogens is 5. The van der Waals surface area contributed by atoms with Gasteiger partial charge in [0.05, 0.1) is 18.1 Å². The van der Waals surface area contributed by atoms with E-state index >= 15 is 0 Å². The SMILES string of the molecule is c1ccc(C(c2ccccc2)N2CCN([C@@H](c3cccnc3)c3nnnn3C3CCCC3)CC2)cc1. The molecule has 1 saturated carbocycles. The smallest absolute Gasteiger partial charge is 0.173 e. The van der Waals surface area contributed by atoms with Crippen LogP contribution in [-0.4, -0.2) is 61.2 Å². The molecule has 6 rings (SSSR count). The average molecular weight is 480 g/mol. The zero-order valence-corrected chi connectivity index (χ0v) is 20.6. The summed E-state index contributed by atoms with van der Waals surface area (Å²) in [5.41, 5.74) is 3.83. The lowest BCUT2D eigenvalue weighted by atomic mass is 9.96. The minimum atomic E-state index is 0.00310. The number of piperazine rings is 1. The van der Waals surface area contributed by atoms with Gasteiger partial charge in [0.15, 0.2) is 5.82 Å². The molecule has 4 aromatic rings. The molecule has 36 heavy (non-hydrogen) atoms. The van der Waals surface area contributed by atoms with Crippen molar-refractivity contribution in [3.05, 3.63) is 108 Å². The van der Waals surface area contributed by atoms with E-state index in [9.17, 15) is 0 Å². The van der Waals surface area contributed by atoms with E-state index in [2.05, 4.69) is 102 Å². The van der Waals surface area contributed by atoms with E-state index in [1.165, 1.54) is 24.0 Å². The first-order chi connectivity index (χ1) is 17.9. The van der Waals surface area contributed by atoms with E-state index in [1.807, 2.05) is 18.5 Å². The number of rotatable bonds is 7. The molecule has 184 valence electrons. The number of hydrogen-bond donors (Lipinski definition) is 0. The van der Waals surface area contributed by atoms with E-state index in [0.717, 1.165) is 50.4 Å². The molecule has 0 unspecified atom stereocenters. The fourth-order valence-corrected chi connectivity index (χ4v) is 5.99. The first-order valence-corrected chi connectivity index (χ1v) is 13.1. The van der Waals surface area contributed by atoms with Crippen molar-refractivity contribution in [1.82, 2.24) is 35.0 Å². The van der Waals surface area contributed by atoms with Crippen LogP contribution in [0, 0.1) is 0 Å². The van der Waals surface area contributed by atoms with Crippen LogP contribution in [0.5, 0.6) is 0 Å². The Hall–Kier alpha value is -3.42. The van der Waals surface area contributed by atoms with Gasteiger partial charge in [0.2, 0.25) is 0 Å². The van der Waals surface area contributed by atoms with Crippen LogP contribution in [0.15, 0.2) is 85.2 Å². The van der Waals surface area contributed by atoms with E-state index in [1.54, 1.807) is 0 Å². The highest BCUT2D eigenvalue weighted by Gasteiger charge is 2.35. The van der Waals surface area contributed by atoms with Crippen LogP contribution in [0.1, 0.15) is 66.3 Å². The van der Waals surface area contributed by atoms with Crippen molar-refractivity contribution in [3.63, 3.8) is 0 Å². The van der Waals surface area contributed by atoms with Crippen LogP contribution in [0.25, 0.3) is 0 Å². The quantitative estimate of drug-likeness (QED) is 0.384. The van der Waals surface area contributed by atoms with Gasteiger partial charge in [-0.15, -0.1) is 5.10 Å². The van der Waals surface area contributed by atoms with E-state index < -0.39 is 0 Å². The molecule has 7 heteroatoms. The van der Waals surface area contributed by atoms with Gasteiger partial charge in [0.1, 0.15) is 0 Å². The number of pyridine rings is 1. The number of hydrogen-bond acceptors (Lipinski definition) is 6. The van der Waals surface area contributed by atoms with Gasteiger partial charge >= 0.3 is 0 Å². The van der Waals surface area contributed by atoms with Gasteiger partial charge in [0, 0.05) is 38.6 Å². The average Bonchev–Trinajstić information content (AvgIpc) is 3.65. The Balaban J connectivity index is 1.28. The molecule has 1 atom stereocenters. The highest BCUT2D eigenvalue weighted by molar-refractivity contribution is 5.32. The number of benzene rings is 2. The Morgan fingerprint density at radius 2 is 1.25 bits per heavy atom. The van der Waals surface area contributed by atoms with Crippen molar-refractivity contribution in [2.75, 3.05) is 26.2 Å². The third-order valence-corrected chi connectivity index (χ3v) is 7.74. The highest BCUT2D eigenvalue weighted by atomic mass is 15.6. The largest absolute Gasteiger partial charge is 0.290 e. The van der Waals surface area contributed by atoms with E-state index in [4.69, 9.17) is 0 Å². The summed E-state index contributed by atoms with van der Waals surface area (Å²) in [6.07, 6.45) is 8.62. The van der Waals surface area contributed by atoms with Gasteiger partial charge in [0.25, 0.3) is 0 Å². The van der Waals surface area contributed by atoms with Crippen LogP contribution in [0.3, 0.4) is 0 Å². The van der Waals surface area contributed by atoms with Crippen LogP contribution in [0.2, 0.25) is 0 Å². The molecule has 0 radical (unpaired) electrons. The fraction of sp³-hybridized carbons (Fsp3) is 0.379. The van der Waals surface area contributed by atoms with Gasteiger partial charge in [-0.3, -0.25) is 14.8 Å². The predicted molar refractivity (Wildman–Crippen MR) is 139 cm³/mol. The Morgan fingerprint density at radius 3 is 1.83 bits per heavy atom. The number of tetrazole rings is 1. The van der Waals surface area contributed by atoms with Crippen LogP contribution in [0.4, 0.5) is 0 Å². The van der Waals surface area contributed by atoms with Crippen molar-refractivity contribution < 1.29 is 0 Å². The molecule has 2 aromatic heterocycles. The molecule has 1 saturated heterocycles. The maximum Gasteiger partial charge on any atom is 0.173 e. The molecule has 0 spiro atoms. The van der Waals surface area contributed by atoms with Crippen LogP contribution >= 0.6 is 0 Å². The summed E-state index contributed by atoms with van der Waals surface area (Å²) < 4.78 is 2.10. The summed E-state index contributed by atoms with van der Waals surface area (Å²) in [4.78, 5) is 9.60. The van der Waals surface area contributed by atoms with Gasteiger partial charge in [-0.1, -0.05) is 79.6 Å². The summed E-state index contributed by atoms with van der Waals surface area (Å²) in [7, 11) is 0. The summed E-state index contributed by atoms with van der Waals surface area (Å²) in [6, 6.07) is 26.6. The third kappa shape index (κ3) is 4.68. The Bertz CT molecular complexity index is 1170. The van der Waals surface area contributed by atoms with Gasteiger partial charge in [-0.2, -0.15) is 0 Å². The summed E-state index contributed by atoms with van der Waals surface area (Å²) in [5, 5.41) is 13.2. The maximum absolute atomic E-state index is 4.58. The molecule has 0 N–H and O–H groups in total. The Kier molecular flexibility index (Phi) is 6.83. The normalized spacial score (nSPS) is 18.6. The Labute approximate surface area is 212 Å². The highest BCUT2D eigenvalue weighted by Crippen LogP contribution is 2.35. The lowest BCUT2D eigenvalue weighted by Gasteiger charge is -2.42. The predicted octanol–water partition coefficient (Wildman–Crippen LogP) is 4.68. The summed E-state index contributed by atoms with van der Waals surface area (Å²) in [5.74, 6) is 0.950. The molecule has 1 aliphatic heterocycles. The lowest BCUT2D eigenvalue weighted by molar-refractivity contribution is 0.0852. The molecule has 2 fully saturated rings. The second kappa shape index (κ2) is 10.7. The molecule has 0 bridgehead atoms. The van der Waals surface area contributed by atoms with Crippen LogP contribution in [-0.2, 0) is 0 Å². The standard InChI is InChI=1S/C29H33N7/c1-3-10-23(11-4-1)27(24-12-5-2-6-13-24)34-18-20-35(21-19-34)28(25-14-9-17-30-22-25)29-31-32-33-36(29)26-15-7-8-16-26/h1-6,9-14,17,22,26-28H,7-8,15-16,18-21H2/t28-/m0/s1. The van der Waals surface area contributed by atoms with Crippen molar-refractivity contribution in [1.29, 1.82) is 0 Å². The fourth-order valence-electron chi connectivity index (χ4n) is 5.99. The molecular weight excluding hydrogens is 446 g/mol. The molecule has 1 aliphatic carbocycles. The zero-order valence-electron chi connectivity index (χ0n) is 20.6. The van der Waals surface area contributed by atoms with Crippen molar-refractivity contribution >= 4 is 0 Å². The van der Waals surface area contributed by atoms with E-state index in [-0.39, 0.29) is 12.1 Å². The monoisotopic (exact) mass is 479 g/mol. The molecule has 0 amide bonds. The molecule has 7 nitrogen and oxygen atoms in total. The lowest BCUT2D eigenvalue weighted by Crippen LogP contribution is -2.49. The molecule has 2 aromatic carbocycles. The van der Waals surface area contributed by atoms with Crippen molar-refractivity contribution in [2.45, 2.75) is 43.8 Å². The molecule has 2 aliphatic rings. The molecule has 3 heterocycles. The van der Waals surface area contributed by atoms with Crippen LogP contribution < -0.4 is 0 Å². The van der Waals surface area contributed by atoms with Crippen molar-refractivity contribution in [3.8, 4) is 0 Å². The molecular formula is C29H33N7. The van der Waals surface area contributed by atoms with Gasteiger partial charge in [-0.25, -0.2) is 4.68 Å². The third-order valence-electron chi connectivity index (χ3n) is 7.74. The van der Waals surface area contributed by atoms with Gasteiger partial charge in [-0.05, 0) is 46.0 Å². The number of nitrogens with zero attached hydrogens (tertiary/aromatic N) is 7. The zero-order chi connectivity index (χ0) is 24.2. The van der Waals surface area contributed by atoms with Gasteiger partial charge < -0.3 is 0 Å². The second-order valence-electron chi connectivity index (χ2n) is 9.90. The van der Waals surface area contributed by atoms with Crippen molar-refractivity contribution in [2.24, 2.45) is 0 Å². The topological polar surface area (TPSA) is 63.0 Å². The maximum atomic E-state index is 4.58. The Morgan fingerprint density at radius 1 is 0.667 bits per heavy atom. The summed E-state index contributed by atoms with van der Waals surface area (Å²) >= 11 is 0.